The van der Waals surface area contributed by atoms with Gasteiger partial charge in [-0.1, -0.05) is 6.07 Å². The maximum Gasteiger partial charge on any atom is 0.252 e. The minimum Gasteiger partial charge on any atom is -0.439 e. The summed E-state index contributed by atoms with van der Waals surface area (Å²) in [5.74, 6) is 0.510. The van der Waals surface area contributed by atoms with Crippen molar-refractivity contribution >= 4 is 17.0 Å². The maximum atomic E-state index is 11.2. The summed E-state index contributed by atoms with van der Waals surface area (Å²) in [5, 5.41) is 3.15. The van der Waals surface area contributed by atoms with E-state index in [-0.39, 0.29) is 0 Å². The molecular weight excluding hydrogens is 206 g/mol. The van der Waals surface area contributed by atoms with Crippen molar-refractivity contribution in [2.24, 2.45) is 5.73 Å². The van der Waals surface area contributed by atoms with Gasteiger partial charge in [0.25, 0.3) is 5.91 Å². The van der Waals surface area contributed by atoms with E-state index in [0.29, 0.717) is 28.5 Å². The van der Waals surface area contributed by atoms with Crippen molar-refractivity contribution in [1.82, 2.24) is 10.3 Å². The van der Waals surface area contributed by atoms with Gasteiger partial charge in [0.15, 0.2) is 5.58 Å². The van der Waals surface area contributed by atoms with Crippen LogP contribution in [-0.2, 0) is 0 Å². The standard InChI is InChI=1S/C11H11N3O2/c12-10(15)7-2-1-3-8-9(7)16-11(14-8)6-4-13-5-6/h1-3,6,13H,4-5H2,(H2,12,15). The van der Waals surface area contributed by atoms with Crippen molar-refractivity contribution in [3.63, 3.8) is 0 Å². The summed E-state index contributed by atoms with van der Waals surface area (Å²) in [7, 11) is 0. The molecule has 1 aromatic heterocycles. The molecule has 0 spiro atoms. The van der Waals surface area contributed by atoms with Gasteiger partial charge < -0.3 is 15.5 Å². The van der Waals surface area contributed by atoms with Crippen molar-refractivity contribution in [3.05, 3.63) is 29.7 Å². The molecule has 0 saturated carbocycles. The molecule has 82 valence electrons. The van der Waals surface area contributed by atoms with E-state index in [2.05, 4.69) is 10.3 Å². The highest BCUT2D eigenvalue weighted by atomic mass is 16.3. The number of aromatic nitrogens is 1. The Balaban J connectivity index is 2.15. The lowest BCUT2D eigenvalue weighted by Gasteiger charge is -2.23. The first-order valence-electron chi connectivity index (χ1n) is 5.15. The Morgan fingerprint density at radius 1 is 1.50 bits per heavy atom. The molecule has 0 radical (unpaired) electrons. The molecule has 1 amide bonds. The van der Waals surface area contributed by atoms with Gasteiger partial charge in [0.05, 0.1) is 11.5 Å². The molecule has 3 N–H and O–H groups in total. The average Bonchev–Trinajstić information content (AvgIpc) is 2.56. The third kappa shape index (κ3) is 1.29. The number of rotatable bonds is 2. The molecule has 0 bridgehead atoms. The van der Waals surface area contributed by atoms with E-state index < -0.39 is 5.91 Å². The molecule has 1 saturated heterocycles. The van der Waals surface area contributed by atoms with Gasteiger partial charge in [0.2, 0.25) is 5.89 Å². The topological polar surface area (TPSA) is 81.2 Å². The third-order valence-electron chi connectivity index (χ3n) is 2.83. The van der Waals surface area contributed by atoms with Gasteiger partial charge in [-0.15, -0.1) is 0 Å². The van der Waals surface area contributed by atoms with Gasteiger partial charge in [-0.3, -0.25) is 4.79 Å². The van der Waals surface area contributed by atoms with E-state index in [1.54, 1.807) is 12.1 Å². The number of fused-ring (bicyclic) bond motifs is 1. The number of carbonyl (C=O) groups excluding carboxylic acids is 1. The second-order valence-electron chi connectivity index (χ2n) is 3.93. The van der Waals surface area contributed by atoms with Gasteiger partial charge >= 0.3 is 0 Å². The van der Waals surface area contributed by atoms with Crippen LogP contribution in [0.2, 0.25) is 0 Å². The number of hydrogen-bond acceptors (Lipinski definition) is 4. The Hall–Kier alpha value is -1.88. The summed E-state index contributed by atoms with van der Waals surface area (Å²) in [6, 6.07) is 5.23. The molecule has 2 aromatic rings. The van der Waals surface area contributed by atoms with Crippen LogP contribution < -0.4 is 11.1 Å². The smallest absolute Gasteiger partial charge is 0.252 e. The maximum absolute atomic E-state index is 11.2. The number of oxazole rings is 1. The molecule has 1 aliphatic rings. The molecule has 1 aromatic carbocycles. The van der Waals surface area contributed by atoms with Crippen molar-refractivity contribution in [3.8, 4) is 0 Å². The molecule has 5 nitrogen and oxygen atoms in total. The van der Waals surface area contributed by atoms with Gasteiger partial charge in [0.1, 0.15) is 5.52 Å². The van der Waals surface area contributed by atoms with Gasteiger partial charge in [-0.2, -0.15) is 0 Å². The zero-order chi connectivity index (χ0) is 11.1. The fraction of sp³-hybridized carbons (Fsp3) is 0.273. The summed E-state index contributed by atoms with van der Waals surface area (Å²) in [6.07, 6.45) is 0. The number of hydrogen-bond donors (Lipinski definition) is 2. The number of nitrogens with zero attached hydrogens (tertiary/aromatic N) is 1. The third-order valence-corrected chi connectivity index (χ3v) is 2.83. The van der Waals surface area contributed by atoms with Crippen LogP contribution in [0.5, 0.6) is 0 Å². The minimum absolute atomic E-state index is 0.313. The normalized spacial score (nSPS) is 16.2. The fourth-order valence-corrected chi connectivity index (χ4v) is 1.80. The van der Waals surface area contributed by atoms with Gasteiger partial charge in [-0.25, -0.2) is 4.98 Å². The molecule has 16 heavy (non-hydrogen) atoms. The van der Waals surface area contributed by atoms with Crippen LogP contribution in [-0.4, -0.2) is 24.0 Å². The lowest BCUT2D eigenvalue weighted by atomic mass is 10.0. The SMILES string of the molecule is NC(=O)c1cccc2nc(C3CNC3)oc12. The first-order valence-corrected chi connectivity index (χ1v) is 5.15. The lowest BCUT2D eigenvalue weighted by Crippen LogP contribution is -2.40. The molecule has 3 rings (SSSR count). The number of carbonyl (C=O) groups is 1. The number of primary amides is 1. The van der Waals surface area contributed by atoms with Crippen LogP contribution in [0.25, 0.3) is 11.1 Å². The Bertz CT molecular complexity index is 557. The number of para-hydroxylation sites is 1. The summed E-state index contributed by atoms with van der Waals surface area (Å²) in [5.41, 5.74) is 6.85. The second-order valence-corrected chi connectivity index (χ2v) is 3.93. The highest BCUT2D eigenvalue weighted by Gasteiger charge is 2.25. The zero-order valence-corrected chi connectivity index (χ0v) is 8.56. The fourth-order valence-electron chi connectivity index (χ4n) is 1.80. The number of nitrogens with one attached hydrogen (secondary N) is 1. The average molecular weight is 217 g/mol. The van der Waals surface area contributed by atoms with Crippen LogP contribution in [0.15, 0.2) is 22.6 Å². The second kappa shape index (κ2) is 3.31. The largest absolute Gasteiger partial charge is 0.439 e. The van der Waals surface area contributed by atoms with Crippen molar-refractivity contribution in [1.29, 1.82) is 0 Å². The number of nitrogens with two attached hydrogens (primary N) is 1. The van der Waals surface area contributed by atoms with E-state index in [9.17, 15) is 4.79 Å². The molecule has 0 atom stereocenters. The quantitative estimate of drug-likeness (QED) is 0.772. The van der Waals surface area contributed by atoms with Crippen LogP contribution >= 0.6 is 0 Å². The summed E-state index contributed by atoms with van der Waals surface area (Å²) in [6.45, 7) is 1.75. The highest BCUT2D eigenvalue weighted by molar-refractivity contribution is 6.03. The lowest BCUT2D eigenvalue weighted by molar-refractivity contribution is 0.100. The van der Waals surface area contributed by atoms with Crippen LogP contribution in [0, 0.1) is 0 Å². The van der Waals surface area contributed by atoms with E-state index in [1.165, 1.54) is 0 Å². The monoisotopic (exact) mass is 217 g/mol. The molecule has 1 fully saturated rings. The number of benzene rings is 1. The van der Waals surface area contributed by atoms with Crippen LogP contribution in [0.3, 0.4) is 0 Å². The number of amides is 1. The molecule has 0 unspecified atom stereocenters. The minimum atomic E-state index is -0.486. The molecule has 0 aliphatic carbocycles. The summed E-state index contributed by atoms with van der Waals surface area (Å²) < 4.78 is 5.61. The van der Waals surface area contributed by atoms with Crippen molar-refractivity contribution < 1.29 is 9.21 Å². The summed E-state index contributed by atoms with van der Waals surface area (Å²) in [4.78, 5) is 15.6. The first-order chi connectivity index (χ1) is 7.75. The molecule has 5 heteroatoms. The van der Waals surface area contributed by atoms with Crippen molar-refractivity contribution in [2.45, 2.75) is 5.92 Å². The Labute approximate surface area is 91.6 Å². The van der Waals surface area contributed by atoms with Crippen LogP contribution in [0.1, 0.15) is 22.2 Å². The summed E-state index contributed by atoms with van der Waals surface area (Å²) >= 11 is 0. The Morgan fingerprint density at radius 3 is 2.94 bits per heavy atom. The predicted octanol–water partition coefficient (Wildman–Crippen LogP) is 0.613. The van der Waals surface area contributed by atoms with Gasteiger partial charge in [0, 0.05) is 13.1 Å². The van der Waals surface area contributed by atoms with E-state index in [0.717, 1.165) is 13.1 Å². The first kappa shape index (κ1) is 9.35. The predicted molar refractivity (Wildman–Crippen MR) is 58.1 cm³/mol. The van der Waals surface area contributed by atoms with E-state index >= 15 is 0 Å². The molecule has 2 heterocycles. The zero-order valence-electron chi connectivity index (χ0n) is 8.56. The molecule has 1 aliphatic heterocycles. The van der Waals surface area contributed by atoms with Crippen LogP contribution in [0.4, 0.5) is 0 Å². The van der Waals surface area contributed by atoms with Crippen molar-refractivity contribution in [2.75, 3.05) is 13.1 Å². The Morgan fingerprint density at radius 2 is 2.31 bits per heavy atom. The highest BCUT2D eigenvalue weighted by Crippen LogP contribution is 2.26. The molecular formula is C11H11N3O2. The van der Waals surface area contributed by atoms with E-state index in [4.69, 9.17) is 10.2 Å². The van der Waals surface area contributed by atoms with E-state index in [1.807, 2.05) is 6.07 Å². The van der Waals surface area contributed by atoms with Gasteiger partial charge in [-0.05, 0) is 12.1 Å². The Kier molecular flexibility index (Phi) is 1.94.